The van der Waals surface area contributed by atoms with Crippen LogP contribution in [0, 0.1) is 0 Å². The summed E-state index contributed by atoms with van der Waals surface area (Å²) in [7, 11) is -1.86. The molecule has 0 spiro atoms. The molecule has 0 aromatic carbocycles. The molecule has 0 bridgehead atoms. The highest BCUT2D eigenvalue weighted by Gasteiger charge is 2.32. The monoisotopic (exact) mass is 375 g/mol. The van der Waals surface area contributed by atoms with Crippen molar-refractivity contribution in [3.8, 4) is 0 Å². The van der Waals surface area contributed by atoms with E-state index >= 15 is 0 Å². The average molecular weight is 376 g/mol. The van der Waals surface area contributed by atoms with Crippen LogP contribution in [0.5, 0.6) is 0 Å². The second kappa shape index (κ2) is 5.52. The Kier molecular flexibility index (Phi) is 3.86. The van der Waals surface area contributed by atoms with Crippen molar-refractivity contribution in [2.75, 3.05) is 13.6 Å². The summed E-state index contributed by atoms with van der Waals surface area (Å²) >= 11 is 3.18. The zero-order chi connectivity index (χ0) is 15.0. The Morgan fingerprint density at radius 3 is 3.05 bits per heavy atom. The number of fused-ring (bicyclic) bond motifs is 1. The Balaban J connectivity index is 1.91. The number of sulfonamides is 1. The van der Waals surface area contributed by atoms with Crippen molar-refractivity contribution in [3.05, 3.63) is 28.6 Å². The molecule has 0 atom stereocenters. The van der Waals surface area contributed by atoms with E-state index in [4.69, 9.17) is 4.42 Å². The smallest absolute Gasteiger partial charge is 0.247 e. The van der Waals surface area contributed by atoms with Gasteiger partial charge in [-0.1, -0.05) is 0 Å². The SMILES string of the molecule is CNCc1cc(S(=O)(=O)N2CCn3cnnc3C2)c(Br)o1. The van der Waals surface area contributed by atoms with E-state index in [1.807, 2.05) is 4.57 Å². The number of hydrogen-bond acceptors (Lipinski definition) is 6. The molecule has 2 aromatic rings. The Hall–Kier alpha value is -1.23. The number of furan rings is 1. The first kappa shape index (κ1) is 14.7. The van der Waals surface area contributed by atoms with E-state index in [9.17, 15) is 8.42 Å². The fourth-order valence-corrected chi connectivity index (χ4v) is 4.57. The molecule has 1 aliphatic rings. The predicted molar refractivity (Wildman–Crippen MR) is 76.8 cm³/mol. The summed E-state index contributed by atoms with van der Waals surface area (Å²) < 4.78 is 34.3. The summed E-state index contributed by atoms with van der Waals surface area (Å²) in [5.41, 5.74) is 0. The largest absolute Gasteiger partial charge is 0.452 e. The van der Waals surface area contributed by atoms with Crippen molar-refractivity contribution in [3.63, 3.8) is 0 Å². The molecule has 0 fully saturated rings. The van der Waals surface area contributed by atoms with Crippen LogP contribution in [0.15, 0.2) is 26.4 Å². The summed E-state index contributed by atoms with van der Waals surface area (Å²) in [6.45, 7) is 1.59. The minimum atomic E-state index is -3.63. The number of rotatable bonds is 4. The third-order valence-corrected chi connectivity index (χ3v) is 5.98. The highest BCUT2D eigenvalue weighted by atomic mass is 79.9. The lowest BCUT2D eigenvalue weighted by atomic mass is 10.4. The number of nitrogens with one attached hydrogen (secondary N) is 1. The average Bonchev–Trinajstić information content (AvgIpc) is 3.04. The van der Waals surface area contributed by atoms with Crippen LogP contribution >= 0.6 is 15.9 Å². The lowest BCUT2D eigenvalue weighted by molar-refractivity contribution is 0.334. The third kappa shape index (κ3) is 2.63. The van der Waals surface area contributed by atoms with Crippen molar-refractivity contribution >= 4 is 26.0 Å². The molecule has 21 heavy (non-hydrogen) atoms. The molecular weight excluding hydrogens is 362 g/mol. The van der Waals surface area contributed by atoms with Gasteiger partial charge in [0.05, 0.1) is 13.1 Å². The quantitative estimate of drug-likeness (QED) is 0.838. The van der Waals surface area contributed by atoms with Crippen LogP contribution in [0.1, 0.15) is 11.6 Å². The van der Waals surface area contributed by atoms with Crippen LogP contribution < -0.4 is 5.32 Å². The Bertz CT molecular complexity index is 754. The highest BCUT2D eigenvalue weighted by molar-refractivity contribution is 9.10. The van der Waals surface area contributed by atoms with Gasteiger partial charge in [-0.15, -0.1) is 10.2 Å². The summed E-state index contributed by atoms with van der Waals surface area (Å²) in [6.07, 6.45) is 1.61. The van der Waals surface area contributed by atoms with E-state index in [2.05, 4.69) is 31.4 Å². The number of aromatic nitrogens is 3. The number of hydrogen-bond donors (Lipinski definition) is 1. The third-order valence-electron chi connectivity index (χ3n) is 3.28. The van der Waals surface area contributed by atoms with Gasteiger partial charge in [0.1, 0.15) is 22.8 Å². The number of nitrogens with zero attached hydrogens (tertiary/aromatic N) is 4. The van der Waals surface area contributed by atoms with Crippen molar-refractivity contribution in [2.24, 2.45) is 0 Å². The van der Waals surface area contributed by atoms with E-state index in [1.165, 1.54) is 10.4 Å². The lowest BCUT2D eigenvalue weighted by Crippen LogP contribution is -2.38. The molecule has 8 nitrogen and oxygen atoms in total. The van der Waals surface area contributed by atoms with Gasteiger partial charge < -0.3 is 14.3 Å². The van der Waals surface area contributed by atoms with Gasteiger partial charge in [0, 0.05) is 19.2 Å². The van der Waals surface area contributed by atoms with E-state index in [1.54, 1.807) is 13.4 Å². The Morgan fingerprint density at radius 1 is 1.48 bits per heavy atom. The van der Waals surface area contributed by atoms with Crippen molar-refractivity contribution < 1.29 is 12.8 Å². The van der Waals surface area contributed by atoms with Gasteiger partial charge in [0.15, 0.2) is 4.67 Å². The summed E-state index contributed by atoms with van der Waals surface area (Å²) in [4.78, 5) is 0.140. The van der Waals surface area contributed by atoms with Gasteiger partial charge in [0.25, 0.3) is 0 Å². The van der Waals surface area contributed by atoms with E-state index in [-0.39, 0.29) is 16.1 Å². The van der Waals surface area contributed by atoms with Crippen LogP contribution in [-0.4, -0.2) is 41.1 Å². The van der Waals surface area contributed by atoms with Crippen LogP contribution in [0.2, 0.25) is 0 Å². The standard InChI is InChI=1S/C11H14BrN5O3S/c1-13-5-8-4-9(11(12)20-8)21(18,19)17-3-2-16-7-14-15-10(16)6-17/h4,7,13H,2-3,5-6H2,1H3. The minimum Gasteiger partial charge on any atom is -0.452 e. The summed E-state index contributed by atoms with van der Waals surface area (Å²) in [5.74, 6) is 1.20. The highest BCUT2D eigenvalue weighted by Crippen LogP contribution is 2.30. The molecule has 114 valence electrons. The molecule has 3 rings (SSSR count). The van der Waals surface area contributed by atoms with E-state index < -0.39 is 10.0 Å². The Morgan fingerprint density at radius 2 is 2.29 bits per heavy atom. The van der Waals surface area contributed by atoms with Crippen LogP contribution in [0.25, 0.3) is 0 Å². The molecule has 2 aromatic heterocycles. The molecule has 0 saturated carbocycles. The van der Waals surface area contributed by atoms with Crippen molar-refractivity contribution in [2.45, 2.75) is 24.5 Å². The van der Waals surface area contributed by atoms with Gasteiger partial charge >= 0.3 is 0 Å². The van der Waals surface area contributed by atoms with Gasteiger partial charge in [-0.05, 0) is 23.0 Å². The van der Waals surface area contributed by atoms with Crippen molar-refractivity contribution in [1.29, 1.82) is 0 Å². The second-order valence-corrected chi connectivity index (χ2v) is 7.29. The molecule has 10 heteroatoms. The molecule has 1 N–H and O–H groups in total. The van der Waals surface area contributed by atoms with Crippen LogP contribution in [-0.2, 0) is 29.7 Å². The molecule has 0 aliphatic carbocycles. The number of halogens is 1. The normalized spacial score (nSPS) is 16.1. The fraction of sp³-hybridized carbons (Fsp3) is 0.455. The van der Waals surface area contributed by atoms with Crippen molar-refractivity contribution in [1.82, 2.24) is 24.4 Å². The van der Waals surface area contributed by atoms with Gasteiger partial charge in [-0.2, -0.15) is 4.31 Å². The molecule has 3 heterocycles. The second-order valence-electron chi connectivity index (χ2n) is 4.66. The van der Waals surface area contributed by atoms with Crippen LogP contribution in [0.3, 0.4) is 0 Å². The predicted octanol–water partition coefficient (Wildman–Crippen LogP) is 0.558. The topological polar surface area (TPSA) is 93.3 Å². The first-order valence-corrected chi connectivity index (χ1v) is 8.55. The Labute approximate surface area is 130 Å². The van der Waals surface area contributed by atoms with Gasteiger partial charge in [-0.25, -0.2) is 8.42 Å². The fourth-order valence-electron chi connectivity index (χ4n) is 2.22. The van der Waals surface area contributed by atoms with E-state index in [0.29, 0.717) is 31.2 Å². The summed E-state index contributed by atoms with van der Waals surface area (Å²) in [5, 5.41) is 10.6. The molecular formula is C11H14BrN5O3S. The van der Waals surface area contributed by atoms with E-state index in [0.717, 1.165) is 0 Å². The summed E-state index contributed by atoms with van der Waals surface area (Å²) in [6, 6.07) is 1.54. The molecule has 0 unspecified atom stereocenters. The zero-order valence-electron chi connectivity index (χ0n) is 11.3. The molecule has 0 radical (unpaired) electrons. The van der Waals surface area contributed by atoms with Gasteiger partial charge in [0.2, 0.25) is 10.0 Å². The maximum Gasteiger partial charge on any atom is 0.247 e. The maximum atomic E-state index is 12.7. The molecule has 0 saturated heterocycles. The molecule has 1 aliphatic heterocycles. The zero-order valence-corrected chi connectivity index (χ0v) is 13.7. The van der Waals surface area contributed by atoms with Crippen LogP contribution in [0.4, 0.5) is 0 Å². The maximum absolute atomic E-state index is 12.7. The molecule has 0 amide bonds. The van der Waals surface area contributed by atoms with Gasteiger partial charge in [-0.3, -0.25) is 0 Å². The first-order valence-electron chi connectivity index (χ1n) is 6.32. The minimum absolute atomic E-state index is 0.140. The first-order chi connectivity index (χ1) is 10.0. The lowest BCUT2D eigenvalue weighted by Gasteiger charge is -2.25.